The van der Waals surface area contributed by atoms with E-state index in [2.05, 4.69) is 15.7 Å². The lowest BCUT2D eigenvalue weighted by Gasteiger charge is -2.33. The van der Waals surface area contributed by atoms with Crippen LogP contribution in [0.4, 0.5) is 23.4 Å². The first-order valence-electron chi connectivity index (χ1n) is 8.80. The van der Waals surface area contributed by atoms with Gasteiger partial charge in [-0.25, -0.2) is 9.07 Å². The summed E-state index contributed by atoms with van der Waals surface area (Å²) in [5.74, 6) is -0.929. The maximum absolute atomic E-state index is 13.7. The third kappa shape index (κ3) is 4.12. The fourth-order valence-corrected chi connectivity index (χ4v) is 3.91. The molecule has 0 aliphatic carbocycles. The fourth-order valence-electron chi connectivity index (χ4n) is 3.27. The van der Waals surface area contributed by atoms with Gasteiger partial charge in [-0.3, -0.25) is 4.79 Å². The van der Waals surface area contributed by atoms with E-state index in [1.165, 1.54) is 41.7 Å². The Morgan fingerprint density at radius 1 is 1.28 bits per heavy atom. The number of anilines is 1. The predicted molar refractivity (Wildman–Crippen MR) is 100 cm³/mol. The van der Waals surface area contributed by atoms with Crippen LogP contribution in [0.3, 0.4) is 0 Å². The van der Waals surface area contributed by atoms with Crippen LogP contribution < -0.4 is 10.6 Å². The molecule has 0 spiro atoms. The van der Waals surface area contributed by atoms with E-state index >= 15 is 0 Å². The summed E-state index contributed by atoms with van der Waals surface area (Å²) in [6.45, 7) is 0.271. The number of rotatable bonds is 4. The summed E-state index contributed by atoms with van der Waals surface area (Å²) in [4.78, 5) is 13.3. The van der Waals surface area contributed by atoms with Crippen LogP contribution in [0.25, 0.3) is 0 Å². The highest BCUT2D eigenvalue weighted by Crippen LogP contribution is 2.43. The molecule has 5 nitrogen and oxygen atoms in total. The molecule has 152 valence electrons. The van der Waals surface area contributed by atoms with Crippen LogP contribution in [0.15, 0.2) is 47.8 Å². The van der Waals surface area contributed by atoms with Gasteiger partial charge in [0, 0.05) is 17.4 Å². The maximum Gasteiger partial charge on any atom is 0.410 e. The number of hydrogen-bond acceptors (Lipinski definition) is 4. The van der Waals surface area contributed by atoms with Crippen molar-refractivity contribution >= 4 is 23.1 Å². The molecule has 2 N–H and O–H groups in total. The number of halogens is 4. The molecule has 2 aromatic heterocycles. The van der Waals surface area contributed by atoms with Gasteiger partial charge in [-0.2, -0.15) is 18.3 Å². The molecule has 4 rings (SSSR count). The quantitative estimate of drug-likeness (QED) is 0.599. The van der Waals surface area contributed by atoms with Crippen molar-refractivity contribution in [1.29, 1.82) is 0 Å². The molecule has 0 saturated carbocycles. The maximum atomic E-state index is 13.7. The standard InChI is InChI=1S/C19H16F4N4OS/c20-12-5-3-11(4-6-12)14-8-16(19(21,22)23)27-17(25-14)9-15(26-27)18(28)24-10-13-2-1-7-29-13/h1-7,9,14,16,25H,8,10H2,(H,24,28)/t14-,16-/m0/s1. The van der Waals surface area contributed by atoms with Crippen molar-refractivity contribution < 1.29 is 22.4 Å². The van der Waals surface area contributed by atoms with Crippen molar-refractivity contribution in [3.05, 3.63) is 69.8 Å². The molecule has 10 heteroatoms. The first kappa shape index (κ1) is 19.4. The molecule has 0 bridgehead atoms. The number of benzene rings is 1. The second-order valence-electron chi connectivity index (χ2n) is 6.66. The van der Waals surface area contributed by atoms with Crippen molar-refractivity contribution in [3.63, 3.8) is 0 Å². The molecule has 0 fully saturated rings. The predicted octanol–water partition coefficient (Wildman–Crippen LogP) is 4.67. The Morgan fingerprint density at radius 2 is 2.03 bits per heavy atom. The lowest BCUT2D eigenvalue weighted by atomic mass is 9.97. The van der Waals surface area contributed by atoms with Crippen molar-refractivity contribution in [2.75, 3.05) is 5.32 Å². The zero-order valence-electron chi connectivity index (χ0n) is 14.9. The highest BCUT2D eigenvalue weighted by atomic mass is 32.1. The van der Waals surface area contributed by atoms with E-state index in [9.17, 15) is 22.4 Å². The van der Waals surface area contributed by atoms with Gasteiger partial charge < -0.3 is 10.6 Å². The van der Waals surface area contributed by atoms with Gasteiger partial charge in [0.1, 0.15) is 11.6 Å². The van der Waals surface area contributed by atoms with Crippen molar-refractivity contribution in [3.8, 4) is 0 Å². The van der Waals surface area contributed by atoms with E-state index in [0.29, 0.717) is 5.56 Å². The molecular weight excluding hydrogens is 408 g/mol. The van der Waals surface area contributed by atoms with Gasteiger partial charge in [0.25, 0.3) is 5.91 Å². The number of alkyl halides is 3. The van der Waals surface area contributed by atoms with Gasteiger partial charge in [0.05, 0.1) is 12.6 Å². The van der Waals surface area contributed by atoms with Gasteiger partial charge >= 0.3 is 6.18 Å². The molecule has 1 aliphatic heterocycles. The Balaban J connectivity index is 1.59. The SMILES string of the molecule is O=C(NCc1cccs1)c1cc2n(n1)[C@H](C(F)(F)F)C[C@@H](c1ccc(F)cc1)N2. The number of hydrogen-bond donors (Lipinski definition) is 2. The molecule has 1 aromatic carbocycles. The van der Waals surface area contributed by atoms with Crippen LogP contribution in [-0.2, 0) is 6.54 Å². The van der Waals surface area contributed by atoms with Crippen LogP contribution in [0, 0.1) is 5.82 Å². The largest absolute Gasteiger partial charge is 0.410 e. The number of aromatic nitrogens is 2. The van der Waals surface area contributed by atoms with E-state index in [0.717, 1.165) is 9.56 Å². The summed E-state index contributed by atoms with van der Waals surface area (Å²) in [7, 11) is 0. The number of amides is 1. The third-order valence-electron chi connectivity index (χ3n) is 4.70. The Morgan fingerprint density at radius 3 is 2.69 bits per heavy atom. The normalized spacial score (nSPS) is 18.8. The monoisotopic (exact) mass is 424 g/mol. The molecule has 0 unspecified atom stereocenters. The second kappa shape index (κ2) is 7.51. The molecule has 1 aliphatic rings. The van der Waals surface area contributed by atoms with Crippen LogP contribution in [0.5, 0.6) is 0 Å². The van der Waals surface area contributed by atoms with Crippen molar-refractivity contribution in [2.24, 2.45) is 0 Å². The van der Waals surface area contributed by atoms with E-state index in [4.69, 9.17) is 0 Å². The summed E-state index contributed by atoms with van der Waals surface area (Å²) in [5, 5.41) is 11.4. The van der Waals surface area contributed by atoms with E-state index < -0.39 is 30.0 Å². The van der Waals surface area contributed by atoms with Crippen molar-refractivity contribution in [2.45, 2.75) is 31.2 Å². The average molecular weight is 424 g/mol. The molecule has 3 heterocycles. The number of fused-ring (bicyclic) bond motifs is 1. The molecule has 0 saturated heterocycles. The highest BCUT2D eigenvalue weighted by Gasteiger charge is 2.46. The molecule has 29 heavy (non-hydrogen) atoms. The minimum Gasteiger partial charge on any atom is -0.363 e. The Labute approximate surface area is 167 Å². The van der Waals surface area contributed by atoms with E-state index in [-0.39, 0.29) is 24.5 Å². The van der Waals surface area contributed by atoms with Crippen LogP contribution in [0.1, 0.15) is 39.4 Å². The first-order chi connectivity index (χ1) is 13.8. The minimum absolute atomic E-state index is 0.0918. The lowest BCUT2D eigenvalue weighted by molar-refractivity contribution is -0.173. The Bertz CT molecular complexity index is 998. The van der Waals surface area contributed by atoms with Gasteiger partial charge in [-0.05, 0) is 29.1 Å². The van der Waals surface area contributed by atoms with Gasteiger partial charge in [0.15, 0.2) is 11.7 Å². The number of nitrogens with one attached hydrogen (secondary N) is 2. The molecule has 3 aromatic rings. The number of carbonyl (C=O) groups is 1. The Hall–Kier alpha value is -2.88. The minimum atomic E-state index is -4.55. The van der Waals surface area contributed by atoms with Gasteiger partial charge in [-0.15, -0.1) is 11.3 Å². The summed E-state index contributed by atoms with van der Waals surface area (Å²) in [6.07, 6.45) is -4.87. The third-order valence-corrected chi connectivity index (χ3v) is 5.57. The summed E-state index contributed by atoms with van der Waals surface area (Å²) in [6, 6.07) is 7.71. The summed E-state index contributed by atoms with van der Waals surface area (Å²) >= 11 is 1.46. The van der Waals surface area contributed by atoms with Crippen LogP contribution >= 0.6 is 11.3 Å². The number of carbonyl (C=O) groups excluding carboxylic acids is 1. The zero-order valence-corrected chi connectivity index (χ0v) is 15.7. The fraction of sp³-hybridized carbons (Fsp3) is 0.263. The number of thiophene rings is 1. The van der Waals surface area contributed by atoms with E-state index in [1.54, 1.807) is 0 Å². The number of nitrogens with zero attached hydrogens (tertiary/aromatic N) is 2. The van der Waals surface area contributed by atoms with Gasteiger partial charge in [0.2, 0.25) is 0 Å². The van der Waals surface area contributed by atoms with Gasteiger partial charge in [-0.1, -0.05) is 18.2 Å². The topological polar surface area (TPSA) is 59.0 Å². The van der Waals surface area contributed by atoms with E-state index in [1.807, 2.05) is 17.5 Å². The second-order valence-corrected chi connectivity index (χ2v) is 7.70. The lowest BCUT2D eigenvalue weighted by Crippen LogP contribution is -2.35. The first-order valence-corrected chi connectivity index (χ1v) is 9.68. The Kier molecular flexibility index (Phi) is 5.03. The van der Waals surface area contributed by atoms with Crippen molar-refractivity contribution in [1.82, 2.24) is 15.1 Å². The average Bonchev–Trinajstić information content (AvgIpc) is 3.34. The van der Waals surface area contributed by atoms with Crippen LogP contribution in [0.2, 0.25) is 0 Å². The summed E-state index contributed by atoms with van der Waals surface area (Å²) in [5.41, 5.74) is 0.426. The molecule has 2 atom stereocenters. The molecule has 0 radical (unpaired) electrons. The molecular formula is C19H16F4N4OS. The summed E-state index contributed by atoms with van der Waals surface area (Å²) < 4.78 is 55.0. The molecule has 1 amide bonds. The zero-order chi connectivity index (χ0) is 20.6. The van der Waals surface area contributed by atoms with Crippen LogP contribution in [-0.4, -0.2) is 21.9 Å². The highest BCUT2D eigenvalue weighted by molar-refractivity contribution is 7.09. The smallest absolute Gasteiger partial charge is 0.363 e.